The number of phosphoric ester groups is 1. The molecule has 0 bridgehead atoms. The van der Waals surface area contributed by atoms with Gasteiger partial charge in [-0.2, -0.15) is 0 Å². The number of esters is 1. The van der Waals surface area contributed by atoms with E-state index < -0.39 is 20.0 Å². The van der Waals surface area contributed by atoms with Gasteiger partial charge in [-0.1, -0.05) is 290 Å². The number of allylic oxidation sites excluding steroid dienone is 19. The van der Waals surface area contributed by atoms with Crippen LogP contribution in [0.25, 0.3) is 0 Å². The van der Waals surface area contributed by atoms with Crippen LogP contribution in [0.15, 0.2) is 122 Å². The zero-order valence-corrected chi connectivity index (χ0v) is 58.1. The number of nitrogens with zero attached hydrogens (tertiary/aromatic N) is 1. The molecule has 0 fully saturated rings. The number of hydrogen-bond donors (Lipinski definition) is 2. The summed E-state index contributed by atoms with van der Waals surface area (Å²) >= 11 is 0. The lowest BCUT2D eigenvalue weighted by Gasteiger charge is -2.27. The molecular weight excluding hydrogens is 1100 g/mol. The first-order valence-corrected chi connectivity index (χ1v) is 37.4. The molecule has 0 aliphatic carbocycles. The van der Waals surface area contributed by atoms with E-state index in [4.69, 9.17) is 13.8 Å². The number of rotatable bonds is 64. The van der Waals surface area contributed by atoms with Crippen LogP contribution in [0.3, 0.4) is 0 Å². The lowest BCUT2D eigenvalue weighted by molar-refractivity contribution is -0.870. The van der Waals surface area contributed by atoms with E-state index in [0.29, 0.717) is 17.4 Å². The van der Waals surface area contributed by atoms with Crippen LogP contribution in [0.4, 0.5) is 0 Å². The zero-order valence-electron chi connectivity index (χ0n) is 57.2. The first-order chi connectivity index (χ1) is 42.4. The Labute approximate surface area is 537 Å². The van der Waals surface area contributed by atoms with Crippen LogP contribution in [0.2, 0.25) is 0 Å². The molecule has 500 valence electrons. The molecule has 2 N–H and O–H groups in total. The van der Waals surface area contributed by atoms with Gasteiger partial charge in [0.25, 0.3) is 0 Å². The molecule has 0 spiro atoms. The van der Waals surface area contributed by atoms with Crippen molar-refractivity contribution < 1.29 is 37.3 Å². The van der Waals surface area contributed by atoms with Gasteiger partial charge in [0, 0.05) is 12.8 Å². The highest BCUT2D eigenvalue weighted by atomic mass is 31.2. The predicted octanol–water partition coefficient (Wildman–Crippen LogP) is 23.0. The van der Waals surface area contributed by atoms with Crippen LogP contribution >= 0.6 is 7.82 Å². The van der Waals surface area contributed by atoms with Gasteiger partial charge in [0.2, 0.25) is 5.91 Å². The zero-order chi connectivity index (χ0) is 63.5. The molecule has 0 radical (unpaired) electrons. The highest BCUT2D eigenvalue weighted by Gasteiger charge is 2.30. The quantitative estimate of drug-likeness (QED) is 0.0205. The first kappa shape index (κ1) is 83.4. The van der Waals surface area contributed by atoms with Crippen molar-refractivity contribution in [3.8, 4) is 0 Å². The third kappa shape index (κ3) is 66.7. The third-order valence-corrected chi connectivity index (χ3v) is 16.4. The lowest BCUT2D eigenvalue weighted by atomic mass is 10.0. The van der Waals surface area contributed by atoms with Crippen molar-refractivity contribution in [1.82, 2.24) is 5.32 Å². The number of unbranched alkanes of at least 4 members (excludes halogenated alkanes) is 30. The number of likely N-dealkylation sites (N-methyl/N-ethyl adjacent to an activating group) is 1. The van der Waals surface area contributed by atoms with Gasteiger partial charge in [0.05, 0.1) is 33.8 Å². The SMILES string of the molecule is CC/C=C\C/C=C\C/C=C\C/C=C\C/C=C\CCCCCCCCCC(=O)NC(COP(=O)(O)OCC[N+](C)(C)C)C(/C=C/CCCCCCCCCCCCC)OC(=O)CCCCCCCCCCC/C=C\C/C=C\C/C=C\C/C=C\CCCCC. The number of phosphoric acid groups is 1. The summed E-state index contributed by atoms with van der Waals surface area (Å²) in [5.41, 5.74) is 0. The summed E-state index contributed by atoms with van der Waals surface area (Å²) in [6.45, 7) is 6.87. The normalized spacial score (nSPS) is 14.2. The van der Waals surface area contributed by atoms with Gasteiger partial charge in [0.1, 0.15) is 19.3 Å². The Morgan fingerprint density at radius 1 is 0.414 bits per heavy atom. The fourth-order valence-electron chi connectivity index (χ4n) is 9.89. The third-order valence-electron chi connectivity index (χ3n) is 15.4. The number of nitrogens with one attached hydrogen (secondary N) is 1. The number of quaternary nitrogens is 1. The predicted molar refractivity (Wildman–Crippen MR) is 378 cm³/mol. The number of ether oxygens (including phenoxy) is 1. The largest absolute Gasteiger partial charge is 0.472 e. The molecule has 0 saturated carbocycles. The number of carbonyl (C=O) groups excluding carboxylic acids is 2. The molecule has 0 heterocycles. The van der Waals surface area contributed by atoms with Crippen molar-refractivity contribution in [2.45, 2.75) is 315 Å². The fourth-order valence-corrected chi connectivity index (χ4v) is 10.6. The molecule has 0 aromatic rings. The summed E-state index contributed by atoms with van der Waals surface area (Å²) in [6, 6.07) is -0.867. The smallest absolute Gasteiger partial charge is 0.456 e. The maximum absolute atomic E-state index is 13.6. The van der Waals surface area contributed by atoms with Crippen molar-refractivity contribution in [3.05, 3.63) is 122 Å². The maximum Gasteiger partial charge on any atom is 0.472 e. The molecule has 0 aromatic heterocycles. The number of amides is 1. The molecule has 9 nitrogen and oxygen atoms in total. The van der Waals surface area contributed by atoms with Crippen molar-refractivity contribution in [3.63, 3.8) is 0 Å². The maximum atomic E-state index is 13.6. The Balaban J connectivity index is 5.16. The molecule has 0 aliphatic rings. The average molecular weight is 1230 g/mol. The summed E-state index contributed by atoms with van der Waals surface area (Å²) in [5.74, 6) is -0.525. The number of carbonyl (C=O) groups is 2. The minimum Gasteiger partial charge on any atom is -0.456 e. The van der Waals surface area contributed by atoms with Crippen molar-refractivity contribution in [2.24, 2.45) is 0 Å². The van der Waals surface area contributed by atoms with E-state index in [0.717, 1.165) is 135 Å². The lowest BCUT2D eigenvalue weighted by Crippen LogP contribution is -2.47. The summed E-state index contributed by atoms with van der Waals surface area (Å²) in [6.07, 6.45) is 92.0. The minimum absolute atomic E-state index is 0.0310. The second-order valence-corrected chi connectivity index (χ2v) is 26.5. The molecule has 3 atom stereocenters. The van der Waals surface area contributed by atoms with E-state index in [2.05, 4.69) is 135 Å². The molecule has 0 saturated heterocycles. The van der Waals surface area contributed by atoms with Crippen LogP contribution < -0.4 is 5.32 Å². The topological polar surface area (TPSA) is 111 Å². The van der Waals surface area contributed by atoms with Crippen LogP contribution in [0.5, 0.6) is 0 Å². The van der Waals surface area contributed by atoms with Crippen LogP contribution in [-0.4, -0.2) is 74.3 Å². The standard InChI is InChI=1S/C77H135N2O7P/c1-7-10-13-16-19-22-25-28-30-32-34-36-38-39-41-43-45-47-49-52-55-58-61-64-67-70-77(81)86-75(68-65-62-59-56-53-50-27-24-21-18-15-12-9-3)74(73-85-87(82,83)84-72-71-79(4,5)6)78-76(80)69-66-63-60-57-54-51-48-46-44-42-40-37-35-33-31-29-26-23-20-17-14-11-8-2/h11,14,19-20,22-23,28-31,34-37,39,41-42,44,65,68,74-75H,7-10,12-13,15-18,21,24-27,32-33,38,40,43,45-64,66-67,69-73H2,1-6H3,(H-,78,80,82,83)/p+1/b14-11-,22-19-,23-20-,30-28-,31-29-,36-34-,37-35-,41-39-,44-42-,68-65+. The fraction of sp³-hybridized carbons (Fsp3) is 0.714. The Morgan fingerprint density at radius 2 is 0.736 bits per heavy atom. The van der Waals surface area contributed by atoms with Crippen molar-refractivity contribution in [1.29, 1.82) is 0 Å². The van der Waals surface area contributed by atoms with E-state index in [-0.39, 0.29) is 31.5 Å². The minimum atomic E-state index is -4.47. The molecule has 3 unspecified atom stereocenters. The van der Waals surface area contributed by atoms with E-state index in [1.54, 1.807) is 0 Å². The molecule has 10 heteroatoms. The molecule has 87 heavy (non-hydrogen) atoms. The van der Waals surface area contributed by atoms with Crippen LogP contribution in [-0.2, 0) is 27.9 Å². The van der Waals surface area contributed by atoms with Gasteiger partial charge in [-0.05, 0) is 122 Å². The van der Waals surface area contributed by atoms with Gasteiger partial charge in [-0.3, -0.25) is 18.6 Å². The van der Waals surface area contributed by atoms with Gasteiger partial charge < -0.3 is 19.4 Å². The van der Waals surface area contributed by atoms with E-state index >= 15 is 0 Å². The van der Waals surface area contributed by atoms with Crippen molar-refractivity contribution in [2.75, 3.05) is 40.9 Å². The molecule has 0 aliphatic heterocycles. The number of hydrogen-bond acceptors (Lipinski definition) is 6. The molecule has 0 aromatic carbocycles. The Morgan fingerprint density at radius 3 is 1.13 bits per heavy atom. The Bertz CT molecular complexity index is 1900. The Kier molecular flexibility index (Phi) is 62.7. The summed E-state index contributed by atoms with van der Waals surface area (Å²) in [5, 5.41) is 3.06. The highest BCUT2D eigenvalue weighted by Crippen LogP contribution is 2.43. The summed E-state index contributed by atoms with van der Waals surface area (Å²) in [4.78, 5) is 38.0. The first-order valence-electron chi connectivity index (χ1n) is 35.9. The highest BCUT2D eigenvalue weighted by molar-refractivity contribution is 7.47. The van der Waals surface area contributed by atoms with Crippen LogP contribution in [0, 0.1) is 0 Å². The monoisotopic (exact) mass is 1230 g/mol. The molecule has 0 rings (SSSR count). The van der Waals surface area contributed by atoms with Gasteiger partial charge in [0.15, 0.2) is 0 Å². The van der Waals surface area contributed by atoms with Crippen LogP contribution in [0.1, 0.15) is 303 Å². The molecular formula is C77H136N2O7P+. The van der Waals surface area contributed by atoms with Gasteiger partial charge in [-0.25, -0.2) is 4.57 Å². The van der Waals surface area contributed by atoms with Gasteiger partial charge in [-0.15, -0.1) is 0 Å². The second kappa shape index (κ2) is 65.4. The summed E-state index contributed by atoms with van der Waals surface area (Å²) in [7, 11) is 1.47. The van der Waals surface area contributed by atoms with E-state index in [9.17, 15) is 19.0 Å². The van der Waals surface area contributed by atoms with Gasteiger partial charge >= 0.3 is 13.8 Å². The van der Waals surface area contributed by atoms with E-state index in [1.807, 2.05) is 33.3 Å². The Hall–Kier alpha value is -3.59. The average Bonchev–Trinajstić information content (AvgIpc) is 3.69. The van der Waals surface area contributed by atoms with E-state index in [1.165, 1.54) is 135 Å². The second-order valence-electron chi connectivity index (χ2n) is 25.0. The summed E-state index contributed by atoms with van der Waals surface area (Å²) < 4.78 is 30.8. The van der Waals surface area contributed by atoms with Crippen molar-refractivity contribution >= 4 is 19.7 Å². The molecule has 1 amide bonds.